The van der Waals surface area contributed by atoms with Crippen molar-refractivity contribution < 1.29 is 0 Å². The zero-order valence-electron chi connectivity index (χ0n) is 8.81. The fraction of sp³-hybridized carbons (Fsp3) is 0.455. The molecule has 0 aliphatic heterocycles. The van der Waals surface area contributed by atoms with Crippen LogP contribution >= 0.6 is 0 Å². The SMILES string of the molecule is CCn1ccnc(NC2CC=CC2)c1=O. The third kappa shape index (κ3) is 2.09. The zero-order chi connectivity index (χ0) is 10.7. The summed E-state index contributed by atoms with van der Waals surface area (Å²) < 4.78 is 1.65. The molecule has 0 saturated carbocycles. The molecule has 0 fully saturated rings. The quantitative estimate of drug-likeness (QED) is 0.759. The molecular weight excluding hydrogens is 190 g/mol. The number of rotatable bonds is 3. The first kappa shape index (κ1) is 9.96. The predicted molar refractivity (Wildman–Crippen MR) is 60.0 cm³/mol. The van der Waals surface area contributed by atoms with Crippen LogP contribution in [0, 0.1) is 0 Å². The molecule has 4 nitrogen and oxygen atoms in total. The number of anilines is 1. The largest absolute Gasteiger partial charge is 0.362 e. The number of nitrogens with zero attached hydrogens (tertiary/aromatic N) is 2. The van der Waals surface area contributed by atoms with E-state index in [1.165, 1.54) is 0 Å². The summed E-state index contributed by atoms with van der Waals surface area (Å²) in [7, 11) is 0. The van der Waals surface area contributed by atoms with E-state index in [9.17, 15) is 4.79 Å². The first-order valence-corrected chi connectivity index (χ1v) is 5.28. The van der Waals surface area contributed by atoms with Gasteiger partial charge in [0.05, 0.1) is 0 Å². The van der Waals surface area contributed by atoms with E-state index in [1.807, 2.05) is 6.92 Å². The lowest BCUT2D eigenvalue weighted by atomic mass is 10.2. The maximum absolute atomic E-state index is 11.8. The van der Waals surface area contributed by atoms with E-state index in [1.54, 1.807) is 17.0 Å². The van der Waals surface area contributed by atoms with Crippen molar-refractivity contribution in [2.45, 2.75) is 32.4 Å². The van der Waals surface area contributed by atoms with Gasteiger partial charge in [-0.2, -0.15) is 0 Å². The van der Waals surface area contributed by atoms with Crippen molar-refractivity contribution in [3.05, 3.63) is 34.9 Å². The number of hydrogen-bond acceptors (Lipinski definition) is 3. The zero-order valence-corrected chi connectivity index (χ0v) is 8.81. The van der Waals surface area contributed by atoms with Crippen molar-refractivity contribution in [3.63, 3.8) is 0 Å². The van der Waals surface area contributed by atoms with Gasteiger partial charge in [-0.05, 0) is 19.8 Å². The Hall–Kier alpha value is -1.58. The third-order valence-corrected chi connectivity index (χ3v) is 2.60. The Balaban J connectivity index is 2.17. The topological polar surface area (TPSA) is 46.9 Å². The highest BCUT2D eigenvalue weighted by atomic mass is 16.1. The monoisotopic (exact) mass is 205 g/mol. The van der Waals surface area contributed by atoms with Gasteiger partial charge in [-0.1, -0.05) is 12.2 Å². The molecule has 0 saturated heterocycles. The Morgan fingerprint density at radius 3 is 2.93 bits per heavy atom. The Morgan fingerprint density at radius 2 is 2.27 bits per heavy atom. The molecule has 0 unspecified atom stereocenters. The number of aromatic nitrogens is 2. The summed E-state index contributed by atoms with van der Waals surface area (Å²) in [6, 6.07) is 0.331. The molecule has 1 aromatic heterocycles. The van der Waals surface area contributed by atoms with E-state index >= 15 is 0 Å². The van der Waals surface area contributed by atoms with Gasteiger partial charge < -0.3 is 9.88 Å². The Labute approximate surface area is 88.7 Å². The number of nitrogens with one attached hydrogen (secondary N) is 1. The highest BCUT2D eigenvalue weighted by Gasteiger charge is 2.12. The summed E-state index contributed by atoms with van der Waals surface area (Å²) in [5.74, 6) is 0.466. The van der Waals surface area contributed by atoms with Crippen LogP contribution in [-0.4, -0.2) is 15.6 Å². The molecule has 0 radical (unpaired) electrons. The summed E-state index contributed by atoms with van der Waals surface area (Å²) in [6.45, 7) is 2.63. The molecule has 80 valence electrons. The second-order valence-corrected chi connectivity index (χ2v) is 3.65. The Bertz CT molecular complexity index is 414. The lowest BCUT2D eigenvalue weighted by molar-refractivity contribution is 0.708. The maximum atomic E-state index is 11.8. The van der Waals surface area contributed by atoms with E-state index in [4.69, 9.17) is 0 Å². The summed E-state index contributed by atoms with van der Waals surface area (Å²) in [6.07, 6.45) is 9.57. The van der Waals surface area contributed by atoms with Crippen LogP contribution in [0.15, 0.2) is 29.3 Å². The number of hydrogen-bond donors (Lipinski definition) is 1. The van der Waals surface area contributed by atoms with Crippen LogP contribution in [0.2, 0.25) is 0 Å². The van der Waals surface area contributed by atoms with E-state index in [2.05, 4.69) is 22.5 Å². The lowest BCUT2D eigenvalue weighted by Crippen LogP contribution is -2.27. The molecule has 1 aliphatic rings. The molecule has 2 rings (SSSR count). The molecule has 1 aliphatic carbocycles. The van der Waals surface area contributed by atoms with Gasteiger partial charge >= 0.3 is 0 Å². The van der Waals surface area contributed by atoms with Crippen molar-refractivity contribution in [2.75, 3.05) is 5.32 Å². The predicted octanol–water partition coefficient (Wildman–Crippen LogP) is 1.39. The van der Waals surface area contributed by atoms with E-state index < -0.39 is 0 Å². The van der Waals surface area contributed by atoms with Crippen molar-refractivity contribution >= 4 is 5.82 Å². The molecule has 1 heterocycles. The van der Waals surface area contributed by atoms with Gasteiger partial charge in [0, 0.05) is 25.0 Å². The van der Waals surface area contributed by atoms with Gasteiger partial charge in [-0.15, -0.1) is 0 Å². The molecule has 0 aromatic carbocycles. The first-order chi connectivity index (χ1) is 7.31. The van der Waals surface area contributed by atoms with Crippen molar-refractivity contribution in [3.8, 4) is 0 Å². The first-order valence-electron chi connectivity index (χ1n) is 5.28. The second kappa shape index (κ2) is 4.29. The van der Waals surface area contributed by atoms with Crippen LogP contribution in [-0.2, 0) is 6.54 Å². The highest BCUT2D eigenvalue weighted by Crippen LogP contribution is 2.12. The third-order valence-electron chi connectivity index (χ3n) is 2.60. The van der Waals surface area contributed by atoms with Gasteiger partial charge in [0.25, 0.3) is 5.56 Å². The van der Waals surface area contributed by atoms with Gasteiger partial charge in [0.1, 0.15) is 0 Å². The van der Waals surface area contributed by atoms with Crippen LogP contribution < -0.4 is 10.9 Å². The van der Waals surface area contributed by atoms with Crippen LogP contribution in [0.4, 0.5) is 5.82 Å². The van der Waals surface area contributed by atoms with Gasteiger partial charge in [-0.25, -0.2) is 4.98 Å². The van der Waals surface area contributed by atoms with Crippen molar-refractivity contribution in [1.29, 1.82) is 0 Å². The Morgan fingerprint density at radius 1 is 1.53 bits per heavy atom. The maximum Gasteiger partial charge on any atom is 0.293 e. The summed E-state index contributed by atoms with van der Waals surface area (Å²) in [5.41, 5.74) is -0.0353. The average Bonchev–Trinajstić information content (AvgIpc) is 2.74. The molecule has 15 heavy (non-hydrogen) atoms. The normalized spacial score (nSPS) is 15.8. The molecule has 0 bridgehead atoms. The van der Waals surface area contributed by atoms with Crippen molar-refractivity contribution in [1.82, 2.24) is 9.55 Å². The standard InChI is InChI=1S/C11H15N3O/c1-2-14-8-7-12-10(11(14)15)13-9-5-3-4-6-9/h3-4,7-9H,2,5-6H2,1H3,(H,12,13). The summed E-state index contributed by atoms with van der Waals surface area (Å²) in [5, 5.41) is 3.18. The lowest BCUT2D eigenvalue weighted by Gasteiger charge is -2.12. The Kier molecular flexibility index (Phi) is 2.85. The van der Waals surface area contributed by atoms with Gasteiger partial charge in [0.15, 0.2) is 5.82 Å². The molecule has 0 spiro atoms. The fourth-order valence-corrected chi connectivity index (χ4v) is 1.72. The summed E-state index contributed by atoms with van der Waals surface area (Å²) in [4.78, 5) is 15.9. The minimum absolute atomic E-state index is 0.0353. The van der Waals surface area contributed by atoms with Crippen LogP contribution in [0.3, 0.4) is 0 Å². The number of aryl methyl sites for hydroxylation is 1. The highest BCUT2D eigenvalue weighted by molar-refractivity contribution is 5.33. The van der Waals surface area contributed by atoms with Crippen molar-refractivity contribution in [2.24, 2.45) is 0 Å². The molecule has 0 atom stereocenters. The van der Waals surface area contributed by atoms with E-state index in [0.717, 1.165) is 12.8 Å². The minimum Gasteiger partial charge on any atom is -0.362 e. The van der Waals surface area contributed by atoms with Gasteiger partial charge in [-0.3, -0.25) is 4.79 Å². The second-order valence-electron chi connectivity index (χ2n) is 3.65. The fourth-order valence-electron chi connectivity index (χ4n) is 1.72. The smallest absolute Gasteiger partial charge is 0.293 e. The van der Waals surface area contributed by atoms with Crippen LogP contribution in [0.5, 0.6) is 0 Å². The van der Waals surface area contributed by atoms with Crippen LogP contribution in [0.1, 0.15) is 19.8 Å². The molecular formula is C11H15N3O. The summed E-state index contributed by atoms with van der Waals surface area (Å²) >= 11 is 0. The van der Waals surface area contributed by atoms with E-state index in [0.29, 0.717) is 18.4 Å². The average molecular weight is 205 g/mol. The molecule has 1 N–H and O–H groups in total. The molecule has 4 heteroatoms. The van der Waals surface area contributed by atoms with Crippen LogP contribution in [0.25, 0.3) is 0 Å². The molecule has 1 aromatic rings. The molecule has 0 amide bonds. The van der Waals surface area contributed by atoms with E-state index in [-0.39, 0.29) is 5.56 Å². The van der Waals surface area contributed by atoms with Gasteiger partial charge in [0.2, 0.25) is 0 Å². The minimum atomic E-state index is -0.0353.